The van der Waals surface area contributed by atoms with E-state index in [1.807, 2.05) is 0 Å². The molecule has 1 aromatic carbocycles. The standard InChI is InChI=1S/C16H11ClFNO3S.Na/c1-8(16(20)21)13-14(11-6-7-12(17)23-11)22-15(19-13)9-2-4-10(18)5-3-9;/h2-8H,1H3,(H,20,21);/q;+1/p-1. The number of hydrogen-bond acceptors (Lipinski definition) is 5. The van der Waals surface area contributed by atoms with Crippen molar-refractivity contribution in [2.45, 2.75) is 12.8 Å². The molecule has 0 saturated carbocycles. The third-order valence-electron chi connectivity index (χ3n) is 3.31. The van der Waals surface area contributed by atoms with Crippen LogP contribution in [0.4, 0.5) is 4.39 Å². The number of halogens is 2. The van der Waals surface area contributed by atoms with Crippen molar-refractivity contribution < 1.29 is 48.3 Å². The SMILES string of the molecule is CC(C(=O)[O-])c1nc(-c2ccc(F)cc2)oc1-c1ccc(Cl)s1.[Na+]. The number of rotatable bonds is 4. The van der Waals surface area contributed by atoms with E-state index in [1.54, 1.807) is 12.1 Å². The van der Waals surface area contributed by atoms with Crippen LogP contribution >= 0.6 is 22.9 Å². The summed E-state index contributed by atoms with van der Waals surface area (Å²) < 4.78 is 19.3. The van der Waals surface area contributed by atoms with Crippen molar-refractivity contribution in [1.29, 1.82) is 0 Å². The third-order valence-corrected chi connectivity index (χ3v) is 4.54. The van der Waals surface area contributed by atoms with E-state index in [4.69, 9.17) is 16.0 Å². The molecule has 8 heteroatoms. The molecule has 0 aliphatic carbocycles. The van der Waals surface area contributed by atoms with Gasteiger partial charge in [-0.05, 0) is 36.4 Å². The van der Waals surface area contributed by atoms with Crippen molar-refractivity contribution in [2.24, 2.45) is 0 Å². The number of carboxylic acid groups (broad SMARTS) is 1. The Morgan fingerprint density at radius 1 is 1.29 bits per heavy atom. The summed E-state index contributed by atoms with van der Waals surface area (Å²) in [6, 6.07) is 9.01. The van der Waals surface area contributed by atoms with Crippen molar-refractivity contribution in [3.05, 3.63) is 52.2 Å². The van der Waals surface area contributed by atoms with Gasteiger partial charge in [-0.2, -0.15) is 0 Å². The van der Waals surface area contributed by atoms with Crippen molar-refractivity contribution in [1.82, 2.24) is 4.98 Å². The first-order chi connectivity index (χ1) is 11.0. The van der Waals surface area contributed by atoms with Crippen LogP contribution in [-0.4, -0.2) is 11.0 Å². The Hall–Kier alpha value is -1.18. The number of carboxylic acids is 1. The van der Waals surface area contributed by atoms with Crippen molar-refractivity contribution in [2.75, 3.05) is 0 Å². The topological polar surface area (TPSA) is 66.2 Å². The van der Waals surface area contributed by atoms with Gasteiger partial charge in [0.05, 0.1) is 20.9 Å². The fourth-order valence-corrected chi connectivity index (χ4v) is 3.10. The molecule has 0 bridgehead atoms. The fourth-order valence-electron chi connectivity index (χ4n) is 2.07. The minimum absolute atomic E-state index is 0. The molecule has 0 saturated heterocycles. The Bertz CT molecular complexity index is 863. The van der Waals surface area contributed by atoms with Gasteiger partial charge in [0.15, 0.2) is 5.76 Å². The molecule has 0 amide bonds. The van der Waals surface area contributed by atoms with E-state index in [1.165, 1.54) is 42.5 Å². The van der Waals surface area contributed by atoms with Crippen LogP contribution < -0.4 is 34.7 Å². The van der Waals surface area contributed by atoms with Gasteiger partial charge in [0.2, 0.25) is 5.89 Å². The van der Waals surface area contributed by atoms with E-state index < -0.39 is 11.9 Å². The van der Waals surface area contributed by atoms with Gasteiger partial charge in [-0.3, -0.25) is 0 Å². The van der Waals surface area contributed by atoms with E-state index in [2.05, 4.69) is 4.98 Å². The third kappa shape index (κ3) is 3.90. The van der Waals surface area contributed by atoms with E-state index >= 15 is 0 Å². The van der Waals surface area contributed by atoms with Crippen molar-refractivity contribution >= 4 is 28.9 Å². The molecule has 3 aromatic rings. The smallest absolute Gasteiger partial charge is 0.549 e. The van der Waals surface area contributed by atoms with Crippen LogP contribution in [0.1, 0.15) is 18.5 Å². The molecule has 118 valence electrons. The van der Waals surface area contributed by atoms with Gasteiger partial charge in [-0.15, -0.1) is 11.3 Å². The van der Waals surface area contributed by atoms with Gasteiger partial charge in [-0.25, -0.2) is 9.37 Å². The number of carbonyl (C=O) groups excluding carboxylic acids is 1. The average Bonchev–Trinajstić information content (AvgIpc) is 3.13. The zero-order valence-corrected chi connectivity index (χ0v) is 16.5. The van der Waals surface area contributed by atoms with Crippen LogP contribution in [0.15, 0.2) is 40.8 Å². The molecule has 0 aliphatic rings. The number of benzene rings is 1. The molecule has 0 radical (unpaired) electrons. The zero-order chi connectivity index (χ0) is 16.6. The predicted molar refractivity (Wildman–Crippen MR) is 83.6 cm³/mol. The maximum atomic E-state index is 13.0. The summed E-state index contributed by atoms with van der Waals surface area (Å²) in [4.78, 5) is 16.2. The Kier molecular flexibility index (Phi) is 6.22. The molecule has 2 heterocycles. The molecule has 0 N–H and O–H groups in total. The largest absolute Gasteiger partial charge is 1.00 e. The first-order valence-electron chi connectivity index (χ1n) is 6.69. The molecule has 4 nitrogen and oxygen atoms in total. The van der Waals surface area contributed by atoms with Gasteiger partial charge in [0.1, 0.15) is 5.82 Å². The van der Waals surface area contributed by atoms with Crippen LogP contribution in [-0.2, 0) is 4.79 Å². The van der Waals surface area contributed by atoms with Crippen LogP contribution in [0.25, 0.3) is 22.1 Å². The van der Waals surface area contributed by atoms with Gasteiger partial charge in [0, 0.05) is 11.5 Å². The molecular formula is C16H10ClFNNaO3S. The summed E-state index contributed by atoms with van der Waals surface area (Å²) in [6.45, 7) is 1.47. The molecule has 0 fully saturated rings. The molecule has 2 aromatic heterocycles. The minimum atomic E-state index is -1.26. The van der Waals surface area contributed by atoms with Crippen LogP contribution in [0.5, 0.6) is 0 Å². The van der Waals surface area contributed by atoms with Crippen LogP contribution in [0.2, 0.25) is 4.34 Å². The minimum Gasteiger partial charge on any atom is -0.549 e. The van der Waals surface area contributed by atoms with Crippen molar-refractivity contribution in [3.63, 3.8) is 0 Å². The Labute approximate surface area is 168 Å². The fraction of sp³-hybridized carbons (Fsp3) is 0.125. The number of nitrogens with zero attached hydrogens (tertiary/aromatic N) is 1. The van der Waals surface area contributed by atoms with E-state index in [0.29, 0.717) is 20.5 Å². The summed E-state index contributed by atoms with van der Waals surface area (Å²) in [5, 5.41) is 11.2. The first kappa shape index (κ1) is 19.1. The van der Waals surface area contributed by atoms with Gasteiger partial charge < -0.3 is 14.3 Å². The van der Waals surface area contributed by atoms with Gasteiger partial charge in [0.25, 0.3) is 0 Å². The summed E-state index contributed by atoms with van der Waals surface area (Å²) >= 11 is 7.19. The Morgan fingerprint density at radius 2 is 1.96 bits per heavy atom. The van der Waals surface area contributed by atoms with E-state index in [9.17, 15) is 14.3 Å². The van der Waals surface area contributed by atoms with Crippen LogP contribution in [0.3, 0.4) is 0 Å². The number of hydrogen-bond donors (Lipinski definition) is 0. The van der Waals surface area contributed by atoms with Gasteiger partial charge >= 0.3 is 29.6 Å². The number of aromatic nitrogens is 1. The molecule has 1 unspecified atom stereocenters. The number of carbonyl (C=O) groups is 1. The van der Waals surface area contributed by atoms with E-state index in [0.717, 1.165) is 0 Å². The van der Waals surface area contributed by atoms with Gasteiger partial charge in [-0.1, -0.05) is 18.5 Å². The summed E-state index contributed by atoms with van der Waals surface area (Å²) in [5.74, 6) is -2.05. The quantitative estimate of drug-likeness (QED) is 0.632. The molecule has 0 spiro atoms. The Balaban J connectivity index is 0.00000208. The maximum absolute atomic E-state index is 13.0. The summed E-state index contributed by atoms with van der Waals surface area (Å²) in [7, 11) is 0. The number of oxazole rings is 1. The Morgan fingerprint density at radius 3 is 2.50 bits per heavy atom. The van der Waals surface area contributed by atoms with E-state index in [-0.39, 0.29) is 47.0 Å². The monoisotopic (exact) mass is 373 g/mol. The zero-order valence-electron chi connectivity index (χ0n) is 12.9. The second kappa shape index (κ2) is 7.80. The second-order valence-corrected chi connectivity index (χ2v) is 6.60. The molecular weight excluding hydrogens is 364 g/mol. The summed E-state index contributed by atoms with van der Waals surface area (Å²) in [5.41, 5.74) is 0.801. The average molecular weight is 374 g/mol. The second-order valence-electron chi connectivity index (χ2n) is 4.88. The molecule has 24 heavy (non-hydrogen) atoms. The normalized spacial score (nSPS) is 11.8. The first-order valence-corrected chi connectivity index (χ1v) is 7.88. The number of thiophene rings is 1. The predicted octanol–water partition coefficient (Wildman–Crippen LogP) is 0.720. The maximum Gasteiger partial charge on any atom is 1.00 e. The van der Waals surface area contributed by atoms with Crippen molar-refractivity contribution in [3.8, 4) is 22.1 Å². The molecule has 3 rings (SSSR count). The van der Waals surface area contributed by atoms with Crippen LogP contribution in [0, 0.1) is 5.82 Å². The summed E-state index contributed by atoms with van der Waals surface area (Å²) in [6.07, 6.45) is 0. The number of aliphatic carboxylic acids is 1. The molecule has 1 atom stereocenters. The molecule has 0 aliphatic heterocycles.